The number of benzene rings is 2. The summed E-state index contributed by atoms with van der Waals surface area (Å²) >= 11 is 5.15. The molecule has 2 aromatic carbocycles. The van der Waals surface area contributed by atoms with Gasteiger partial charge in [-0.2, -0.15) is 0 Å². The zero-order chi connectivity index (χ0) is 18.0. The van der Waals surface area contributed by atoms with Gasteiger partial charge < -0.3 is 15.4 Å². The number of aromatic hydroxyl groups is 1. The molecule has 1 aromatic heterocycles. The van der Waals surface area contributed by atoms with E-state index in [0.29, 0.717) is 16.8 Å². The molecule has 0 fully saturated rings. The van der Waals surface area contributed by atoms with Crippen molar-refractivity contribution in [1.29, 1.82) is 0 Å². The largest absolute Gasteiger partial charge is 0.493 e. The quantitative estimate of drug-likeness (QED) is 0.421. The lowest BCUT2D eigenvalue weighted by Gasteiger charge is -2.07. The van der Waals surface area contributed by atoms with E-state index in [-0.39, 0.29) is 16.7 Å². The molecule has 0 saturated heterocycles. The van der Waals surface area contributed by atoms with Crippen LogP contribution in [0.5, 0.6) is 5.88 Å². The summed E-state index contributed by atoms with van der Waals surface area (Å²) in [5.41, 5.74) is 2.73. The van der Waals surface area contributed by atoms with Gasteiger partial charge in [0.1, 0.15) is 5.82 Å². The summed E-state index contributed by atoms with van der Waals surface area (Å²) in [6, 6.07) is 12.0. The Balaban J connectivity index is 1.76. The topological polar surface area (TPSA) is 72.8 Å². The highest BCUT2D eigenvalue weighted by Gasteiger charge is 2.11. The van der Waals surface area contributed by atoms with Gasteiger partial charge in [0.2, 0.25) is 11.0 Å². The van der Waals surface area contributed by atoms with E-state index in [0.717, 1.165) is 5.69 Å². The number of fused-ring (bicyclic) bond motifs is 1. The van der Waals surface area contributed by atoms with E-state index >= 15 is 0 Å². The second-order valence-electron chi connectivity index (χ2n) is 5.92. The predicted molar refractivity (Wildman–Crippen MR) is 101 cm³/mol. The minimum atomic E-state index is -0.422. The molecule has 3 N–H and O–H groups in total. The van der Waals surface area contributed by atoms with Gasteiger partial charge in [-0.15, -0.1) is 10.2 Å². The van der Waals surface area contributed by atoms with Crippen LogP contribution >= 0.6 is 12.2 Å². The summed E-state index contributed by atoms with van der Waals surface area (Å²) in [5, 5.41) is 21.3. The summed E-state index contributed by atoms with van der Waals surface area (Å²) in [6.07, 6.45) is 0. The van der Waals surface area contributed by atoms with Gasteiger partial charge in [-0.05, 0) is 54.0 Å². The molecule has 0 aliphatic heterocycles. The van der Waals surface area contributed by atoms with E-state index in [2.05, 4.69) is 34.4 Å². The standard InChI is InChI=1S/C18H17FN4OS/c1-10(2)11-3-6-13(7-4-11)20-18(25)23-22-16-14-9-12(19)5-8-15(14)21-17(16)24/h3-10,21,24H,1-2H3,(H,20,25). The van der Waals surface area contributed by atoms with Crippen molar-refractivity contribution in [3.8, 4) is 5.88 Å². The number of nitrogens with zero attached hydrogens (tertiary/aromatic N) is 2. The van der Waals surface area contributed by atoms with Crippen LogP contribution in [0.3, 0.4) is 0 Å². The van der Waals surface area contributed by atoms with Gasteiger partial charge in [0, 0.05) is 11.1 Å². The van der Waals surface area contributed by atoms with Crippen LogP contribution in [0.4, 0.5) is 15.8 Å². The Labute approximate surface area is 149 Å². The molecule has 0 spiro atoms. The number of aromatic amines is 1. The fourth-order valence-corrected chi connectivity index (χ4v) is 2.59. The van der Waals surface area contributed by atoms with Gasteiger partial charge in [-0.3, -0.25) is 0 Å². The fraction of sp³-hybridized carbons (Fsp3) is 0.167. The van der Waals surface area contributed by atoms with E-state index in [1.54, 1.807) is 0 Å². The second-order valence-corrected chi connectivity index (χ2v) is 6.31. The van der Waals surface area contributed by atoms with Crippen LogP contribution in [-0.2, 0) is 0 Å². The second kappa shape index (κ2) is 6.98. The number of thiocarbonyl (C=S) groups is 1. The lowest BCUT2D eigenvalue weighted by atomic mass is 10.0. The SMILES string of the molecule is CC(C)c1ccc(NC(=S)N=Nc2c(O)[nH]c3ccc(F)cc23)cc1. The van der Waals surface area contributed by atoms with E-state index in [1.807, 2.05) is 24.3 Å². The third kappa shape index (κ3) is 3.83. The van der Waals surface area contributed by atoms with Gasteiger partial charge in [0.05, 0.1) is 5.52 Å². The molecule has 0 radical (unpaired) electrons. The highest BCUT2D eigenvalue weighted by molar-refractivity contribution is 7.80. The molecule has 25 heavy (non-hydrogen) atoms. The average molecular weight is 356 g/mol. The summed E-state index contributed by atoms with van der Waals surface area (Å²) in [5.74, 6) is -0.159. The molecule has 3 rings (SSSR count). The van der Waals surface area contributed by atoms with Crippen molar-refractivity contribution in [2.75, 3.05) is 5.32 Å². The molecule has 0 unspecified atom stereocenters. The molecule has 128 valence electrons. The molecule has 5 nitrogen and oxygen atoms in total. The molecule has 0 aliphatic rings. The Bertz CT molecular complexity index is 948. The summed E-state index contributed by atoms with van der Waals surface area (Å²) in [6.45, 7) is 4.25. The van der Waals surface area contributed by atoms with E-state index < -0.39 is 5.82 Å². The van der Waals surface area contributed by atoms with Crippen LogP contribution in [0.2, 0.25) is 0 Å². The third-order valence-corrected chi connectivity index (χ3v) is 3.97. The minimum Gasteiger partial charge on any atom is -0.493 e. The van der Waals surface area contributed by atoms with Gasteiger partial charge in [0.25, 0.3) is 0 Å². The maximum absolute atomic E-state index is 13.4. The van der Waals surface area contributed by atoms with Crippen LogP contribution < -0.4 is 5.32 Å². The van der Waals surface area contributed by atoms with Crippen LogP contribution in [0.1, 0.15) is 25.3 Å². The van der Waals surface area contributed by atoms with E-state index in [4.69, 9.17) is 12.2 Å². The van der Waals surface area contributed by atoms with Gasteiger partial charge in [-0.1, -0.05) is 26.0 Å². The molecule has 0 amide bonds. The molecule has 3 aromatic rings. The summed E-state index contributed by atoms with van der Waals surface area (Å²) in [4.78, 5) is 2.72. The fourth-order valence-electron chi connectivity index (χ4n) is 2.43. The Hall–Kier alpha value is -2.80. The molecular weight excluding hydrogens is 339 g/mol. The summed E-state index contributed by atoms with van der Waals surface area (Å²) in [7, 11) is 0. The number of hydrogen-bond donors (Lipinski definition) is 3. The zero-order valence-corrected chi connectivity index (χ0v) is 14.6. The number of nitrogens with one attached hydrogen (secondary N) is 2. The van der Waals surface area contributed by atoms with Crippen molar-refractivity contribution in [1.82, 2.24) is 4.98 Å². The maximum Gasteiger partial charge on any atom is 0.218 e. The Kier molecular flexibility index (Phi) is 4.76. The highest BCUT2D eigenvalue weighted by atomic mass is 32.1. The normalized spacial score (nSPS) is 11.5. The molecule has 0 aliphatic carbocycles. The lowest BCUT2D eigenvalue weighted by Crippen LogP contribution is -2.04. The zero-order valence-electron chi connectivity index (χ0n) is 13.7. The van der Waals surface area contributed by atoms with Crippen molar-refractivity contribution in [3.05, 3.63) is 53.8 Å². The Morgan fingerprint density at radius 1 is 1.20 bits per heavy atom. The van der Waals surface area contributed by atoms with Crippen LogP contribution in [0, 0.1) is 5.82 Å². The van der Waals surface area contributed by atoms with Crippen LogP contribution in [0.25, 0.3) is 10.9 Å². The summed E-state index contributed by atoms with van der Waals surface area (Å²) < 4.78 is 13.4. The molecule has 7 heteroatoms. The van der Waals surface area contributed by atoms with Crippen molar-refractivity contribution in [2.45, 2.75) is 19.8 Å². The van der Waals surface area contributed by atoms with Crippen molar-refractivity contribution < 1.29 is 9.50 Å². The Morgan fingerprint density at radius 3 is 2.60 bits per heavy atom. The first kappa shape index (κ1) is 17.0. The lowest BCUT2D eigenvalue weighted by molar-refractivity contribution is 0.459. The first-order valence-corrected chi connectivity index (χ1v) is 8.17. The van der Waals surface area contributed by atoms with E-state index in [9.17, 15) is 9.50 Å². The first-order chi connectivity index (χ1) is 11.9. The van der Waals surface area contributed by atoms with Crippen molar-refractivity contribution >= 4 is 39.6 Å². The molecule has 1 heterocycles. The third-order valence-electron chi connectivity index (χ3n) is 3.78. The van der Waals surface area contributed by atoms with Crippen LogP contribution in [-0.4, -0.2) is 15.2 Å². The predicted octanol–water partition coefficient (Wildman–Crippen LogP) is 5.62. The number of anilines is 1. The molecule has 0 bridgehead atoms. The number of azo groups is 1. The molecule has 0 atom stereocenters. The first-order valence-electron chi connectivity index (χ1n) is 7.77. The van der Waals surface area contributed by atoms with Crippen LogP contribution in [0.15, 0.2) is 52.7 Å². The number of aromatic nitrogens is 1. The van der Waals surface area contributed by atoms with Gasteiger partial charge in [0.15, 0.2) is 5.69 Å². The molecule has 0 saturated carbocycles. The average Bonchev–Trinajstić information content (AvgIpc) is 2.88. The molecular formula is C18H17FN4OS. The number of hydrogen-bond acceptors (Lipinski definition) is 3. The number of halogens is 1. The monoisotopic (exact) mass is 356 g/mol. The van der Waals surface area contributed by atoms with Crippen molar-refractivity contribution in [3.63, 3.8) is 0 Å². The number of rotatable bonds is 3. The van der Waals surface area contributed by atoms with Crippen molar-refractivity contribution in [2.24, 2.45) is 10.2 Å². The highest BCUT2D eigenvalue weighted by Crippen LogP contribution is 2.35. The smallest absolute Gasteiger partial charge is 0.218 e. The van der Waals surface area contributed by atoms with E-state index in [1.165, 1.54) is 23.8 Å². The van der Waals surface area contributed by atoms with Gasteiger partial charge in [-0.25, -0.2) is 4.39 Å². The minimum absolute atomic E-state index is 0.141. The Morgan fingerprint density at radius 2 is 1.92 bits per heavy atom. The maximum atomic E-state index is 13.4. The number of H-pyrrole nitrogens is 1. The van der Waals surface area contributed by atoms with Gasteiger partial charge >= 0.3 is 0 Å².